The molecule has 0 aliphatic heterocycles. The average Bonchev–Trinajstić information content (AvgIpc) is 2.95. The zero-order valence-corrected chi connectivity index (χ0v) is 12.6. The third kappa shape index (κ3) is 3.60. The molecule has 22 heavy (non-hydrogen) atoms. The monoisotopic (exact) mass is 313 g/mol. The van der Waals surface area contributed by atoms with E-state index in [0.717, 1.165) is 16.5 Å². The van der Waals surface area contributed by atoms with Crippen molar-refractivity contribution in [2.75, 3.05) is 0 Å². The molecule has 0 aliphatic rings. The number of hydrogen-bond donors (Lipinski definition) is 1. The first-order valence-electron chi connectivity index (χ1n) is 6.78. The topological polar surface area (TPSA) is 63.5 Å². The fourth-order valence-corrected chi connectivity index (χ4v) is 2.81. The Morgan fingerprint density at radius 3 is 2.64 bits per heavy atom. The van der Waals surface area contributed by atoms with E-state index < -0.39 is 10.0 Å². The highest BCUT2D eigenvalue weighted by Gasteiger charge is 2.07. The maximum atomic E-state index is 12.0. The quantitative estimate of drug-likeness (QED) is 0.787. The first-order valence-corrected chi connectivity index (χ1v) is 8.33. The molecule has 3 rings (SSSR count). The lowest BCUT2D eigenvalue weighted by Gasteiger charge is -1.99. The molecule has 1 N–H and O–H groups in total. The van der Waals surface area contributed by atoms with Crippen molar-refractivity contribution < 1.29 is 8.42 Å². The summed E-state index contributed by atoms with van der Waals surface area (Å²) in [5.41, 5.74) is 2.43. The Kier molecular flexibility index (Phi) is 4.04. The summed E-state index contributed by atoms with van der Waals surface area (Å²) in [7, 11) is -3.50. The first-order chi connectivity index (χ1) is 10.6. The number of hydrogen-bond acceptors (Lipinski definition) is 3. The minimum absolute atomic E-state index is 0.156. The van der Waals surface area contributed by atoms with Crippen molar-refractivity contribution >= 4 is 21.6 Å². The summed E-state index contributed by atoms with van der Waals surface area (Å²) in [4.78, 5) is 0. The van der Waals surface area contributed by atoms with Crippen molar-refractivity contribution in [1.82, 2.24) is 14.3 Å². The number of benzene rings is 1. The fourth-order valence-electron chi connectivity index (χ4n) is 2.03. The van der Waals surface area contributed by atoms with Gasteiger partial charge in [0.25, 0.3) is 0 Å². The average molecular weight is 313 g/mol. The van der Waals surface area contributed by atoms with Crippen LogP contribution in [0.1, 0.15) is 11.3 Å². The molecule has 0 fully saturated rings. The lowest BCUT2D eigenvalue weighted by atomic mass is 10.2. The van der Waals surface area contributed by atoms with Crippen LogP contribution in [0.3, 0.4) is 0 Å². The SMILES string of the molecule is O=S(=O)(C=Cc1ccccc1)NCc1cc2ccccn2n1. The van der Waals surface area contributed by atoms with Crippen molar-refractivity contribution in [3.05, 3.63) is 77.5 Å². The van der Waals surface area contributed by atoms with Gasteiger partial charge in [0, 0.05) is 11.6 Å². The van der Waals surface area contributed by atoms with Gasteiger partial charge >= 0.3 is 0 Å². The molecule has 2 aromatic heterocycles. The van der Waals surface area contributed by atoms with Gasteiger partial charge in [0.1, 0.15) is 0 Å². The van der Waals surface area contributed by atoms with Crippen LogP contribution in [0.2, 0.25) is 0 Å². The van der Waals surface area contributed by atoms with E-state index in [4.69, 9.17) is 0 Å². The normalized spacial score (nSPS) is 12.2. The maximum absolute atomic E-state index is 12.0. The Labute approximate surface area is 129 Å². The van der Waals surface area contributed by atoms with Crippen LogP contribution >= 0.6 is 0 Å². The van der Waals surface area contributed by atoms with E-state index in [9.17, 15) is 8.42 Å². The highest BCUT2D eigenvalue weighted by Crippen LogP contribution is 2.07. The molecule has 0 aliphatic carbocycles. The Hall–Kier alpha value is -2.44. The number of nitrogens with zero attached hydrogens (tertiary/aromatic N) is 2. The molecule has 1 aromatic carbocycles. The number of aromatic nitrogens is 2. The molecule has 0 bridgehead atoms. The minimum atomic E-state index is -3.50. The molecular formula is C16H15N3O2S. The second-order valence-corrected chi connectivity index (χ2v) is 6.44. The van der Waals surface area contributed by atoms with Gasteiger partial charge in [0.15, 0.2) is 0 Å². The van der Waals surface area contributed by atoms with E-state index in [1.54, 1.807) is 10.6 Å². The summed E-state index contributed by atoms with van der Waals surface area (Å²) < 4.78 is 28.1. The second kappa shape index (κ2) is 6.13. The number of sulfonamides is 1. The van der Waals surface area contributed by atoms with Gasteiger partial charge in [-0.15, -0.1) is 0 Å². The number of rotatable bonds is 5. The Morgan fingerprint density at radius 2 is 1.86 bits per heavy atom. The summed E-state index contributed by atoms with van der Waals surface area (Å²) in [5, 5.41) is 5.46. The van der Waals surface area contributed by atoms with Crippen molar-refractivity contribution in [3.63, 3.8) is 0 Å². The molecule has 0 atom stereocenters. The van der Waals surface area contributed by atoms with Gasteiger partial charge in [-0.3, -0.25) is 0 Å². The highest BCUT2D eigenvalue weighted by molar-refractivity contribution is 7.92. The summed E-state index contributed by atoms with van der Waals surface area (Å²) in [6.07, 6.45) is 3.38. The van der Waals surface area contributed by atoms with Gasteiger partial charge < -0.3 is 0 Å². The minimum Gasteiger partial charge on any atom is -0.241 e. The van der Waals surface area contributed by atoms with E-state index in [1.165, 1.54) is 0 Å². The van der Waals surface area contributed by atoms with Crippen LogP contribution in [0, 0.1) is 0 Å². The molecule has 0 saturated heterocycles. The largest absolute Gasteiger partial charge is 0.241 e. The van der Waals surface area contributed by atoms with Crippen LogP contribution in [0.5, 0.6) is 0 Å². The fraction of sp³-hybridized carbons (Fsp3) is 0.0625. The van der Waals surface area contributed by atoms with Crippen molar-refractivity contribution in [1.29, 1.82) is 0 Å². The van der Waals surface area contributed by atoms with Gasteiger partial charge in [0.05, 0.1) is 17.8 Å². The zero-order chi connectivity index (χ0) is 15.4. The number of pyridine rings is 1. The Morgan fingerprint density at radius 1 is 1.09 bits per heavy atom. The van der Waals surface area contributed by atoms with Gasteiger partial charge in [0.2, 0.25) is 10.0 Å². The van der Waals surface area contributed by atoms with E-state index in [2.05, 4.69) is 9.82 Å². The smallest absolute Gasteiger partial charge is 0.234 e. The third-order valence-electron chi connectivity index (χ3n) is 3.11. The van der Waals surface area contributed by atoms with Crippen molar-refractivity contribution in [2.45, 2.75) is 6.54 Å². The molecule has 0 unspecified atom stereocenters. The summed E-state index contributed by atoms with van der Waals surface area (Å²) in [6, 6.07) is 16.8. The van der Waals surface area contributed by atoms with Crippen LogP contribution in [-0.2, 0) is 16.6 Å². The molecule has 0 spiro atoms. The highest BCUT2D eigenvalue weighted by atomic mass is 32.2. The van der Waals surface area contributed by atoms with Gasteiger partial charge in [-0.1, -0.05) is 36.4 Å². The number of fused-ring (bicyclic) bond motifs is 1. The molecule has 3 aromatic rings. The molecule has 6 heteroatoms. The van der Waals surface area contributed by atoms with E-state index in [-0.39, 0.29) is 6.54 Å². The van der Waals surface area contributed by atoms with E-state index in [0.29, 0.717) is 5.69 Å². The lowest BCUT2D eigenvalue weighted by Crippen LogP contribution is -2.20. The van der Waals surface area contributed by atoms with E-state index >= 15 is 0 Å². The molecule has 0 saturated carbocycles. The van der Waals surface area contributed by atoms with Crippen LogP contribution in [0.15, 0.2) is 66.2 Å². The zero-order valence-electron chi connectivity index (χ0n) is 11.8. The van der Waals surface area contributed by atoms with Crippen LogP contribution < -0.4 is 4.72 Å². The van der Waals surface area contributed by atoms with Crippen LogP contribution in [0.4, 0.5) is 0 Å². The Bertz CT molecular complexity index is 866. The maximum Gasteiger partial charge on any atom is 0.234 e. The number of nitrogens with one attached hydrogen (secondary N) is 1. The van der Waals surface area contributed by atoms with Gasteiger partial charge in [-0.2, -0.15) is 5.10 Å². The van der Waals surface area contributed by atoms with Crippen LogP contribution in [-0.4, -0.2) is 18.0 Å². The lowest BCUT2D eigenvalue weighted by molar-refractivity contribution is 0.589. The second-order valence-electron chi connectivity index (χ2n) is 4.79. The predicted molar refractivity (Wildman–Crippen MR) is 86.4 cm³/mol. The van der Waals surface area contributed by atoms with Crippen LogP contribution in [0.25, 0.3) is 11.6 Å². The van der Waals surface area contributed by atoms with E-state index in [1.807, 2.05) is 60.8 Å². The third-order valence-corrected chi connectivity index (χ3v) is 4.16. The molecule has 0 amide bonds. The summed E-state index contributed by atoms with van der Waals surface area (Å²) >= 11 is 0. The molecule has 5 nitrogen and oxygen atoms in total. The standard InChI is InChI=1S/C16H15N3O2S/c20-22(21,11-9-14-6-2-1-3-7-14)17-13-15-12-16-8-4-5-10-19(16)18-15/h1-12,17H,13H2. The first kappa shape index (κ1) is 14.5. The predicted octanol–water partition coefficient (Wildman–Crippen LogP) is 2.42. The molecule has 112 valence electrons. The molecule has 0 radical (unpaired) electrons. The molecular weight excluding hydrogens is 298 g/mol. The van der Waals surface area contributed by atoms with Gasteiger partial charge in [-0.05, 0) is 29.8 Å². The Balaban J connectivity index is 1.68. The molecule has 2 heterocycles. The summed E-state index contributed by atoms with van der Waals surface area (Å²) in [6.45, 7) is 0.156. The summed E-state index contributed by atoms with van der Waals surface area (Å²) in [5.74, 6) is 0. The van der Waals surface area contributed by atoms with Crippen molar-refractivity contribution in [2.24, 2.45) is 0 Å². The van der Waals surface area contributed by atoms with Crippen molar-refractivity contribution in [3.8, 4) is 0 Å². The van der Waals surface area contributed by atoms with Gasteiger partial charge in [-0.25, -0.2) is 17.7 Å².